The van der Waals surface area contributed by atoms with Crippen LogP contribution in [-0.4, -0.2) is 17.0 Å². The van der Waals surface area contributed by atoms with Gasteiger partial charge in [0, 0.05) is 10.0 Å². The topological polar surface area (TPSA) is 48.4 Å². The highest BCUT2D eigenvalue weighted by atomic mass is 79.9. The summed E-state index contributed by atoms with van der Waals surface area (Å²) in [7, 11) is 0. The zero-order chi connectivity index (χ0) is 21.0. The molecule has 0 radical (unpaired) electrons. The fourth-order valence-electron chi connectivity index (χ4n) is 4.10. The first kappa shape index (κ1) is 18.8. The second kappa shape index (κ2) is 6.97. The van der Waals surface area contributed by atoms with Crippen molar-refractivity contribution in [2.45, 2.75) is 20.8 Å². The number of nitrogens with zero attached hydrogens (tertiary/aromatic N) is 4. The predicted molar refractivity (Wildman–Crippen MR) is 120 cm³/mol. The van der Waals surface area contributed by atoms with Gasteiger partial charge in [0.05, 0.1) is 22.2 Å². The van der Waals surface area contributed by atoms with Gasteiger partial charge < -0.3 is 0 Å². The molecule has 0 aromatic heterocycles. The van der Waals surface area contributed by atoms with E-state index >= 15 is 0 Å². The second-order valence-electron chi connectivity index (χ2n) is 7.42. The van der Waals surface area contributed by atoms with Crippen molar-refractivity contribution < 1.29 is 9.73 Å². The van der Waals surface area contributed by atoms with Crippen LogP contribution < -0.4 is 10.0 Å². The van der Waals surface area contributed by atoms with Crippen LogP contribution in [0.1, 0.15) is 32.6 Å². The number of aryl methyl sites for hydroxylation is 3. The van der Waals surface area contributed by atoms with Gasteiger partial charge in [0.15, 0.2) is 0 Å². The number of para-hydroxylation sites is 2. The van der Waals surface area contributed by atoms with E-state index in [4.69, 9.17) is 4.94 Å². The van der Waals surface area contributed by atoms with Gasteiger partial charge in [-0.05, 0) is 77.2 Å². The lowest BCUT2D eigenvalue weighted by atomic mass is 9.98. The Labute approximate surface area is 183 Å². The van der Waals surface area contributed by atoms with E-state index in [2.05, 4.69) is 54.0 Å². The molecule has 6 nitrogen and oxygen atoms in total. The number of amidine groups is 1. The van der Waals surface area contributed by atoms with Gasteiger partial charge in [-0.1, -0.05) is 42.0 Å². The van der Waals surface area contributed by atoms with Gasteiger partial charge in [-0.3, -0.25) is 9.73 Å². The Kier molecular flexibility index (Phi) is 4.38. The van der Waals surface area contributed by atoms with Crippen LogP contribution in [0, 0.1) is 20.8 Å². The number of anilines is 2. The molecule has 2 aliphatic rings. The number of halogens is 1. The Balaban J connectivity index is 1.63. The normalized spacial score (nSPS) is 15.0. The molecule has 0 unspecified atom stereocenters. The SMILES string of the molecule is Cc1cc(C)c(C2=NON3N(C(=O)c4ccccc4Br)c4ccccc4N23)c(C)c1. The van der Waals surface area contributed by atoms with Crippen LogP contribution in [0.4, 0.5) is 11.4 Å². The van der Waals surface area contributed by atoms with Crippen molar-refractivity contribution in [3.8, 4) is 0 Å². The summed E-state index contributed by atoms with van der Waals surface area (Å²) >= 11 is 3.48. The molecule has 0 spiro atoms. The number of rotatable bonds is 2. The standard InChI is InChI=1S/C23H19BrN4O2/c1-14-12-15(2)21(16(3)13-14)22-25-30-28-26(22)19-10-6-7-11-20(19)27(28)23(29)17-8-4-5-9-18(17)24/h4-13H,1-3H3. The van der Waals surface area contributed by atoms with E-state index in [1.54, 1.807) is 6.07 Å². The second-order valence-corrected chi connectivity index (χ2v) is 8.27. The number of hydrogen-bond acceptors (Lipinski definition) is 5. The van der Waals surface area contributed by atoms with Gasteiger partial charge in [-0.15, -0.1) is 0 Å². The maximum atomic E-state index is 13.5. The van der Waals surface area contributed by atoms with Crippen molar-refractivity contribution in [1.82, 2.24) is 5.28 Å². The fourth-order valence-corrected chi connectivity index (χ4v) is 4.55. The molecule has 0 atom stereocenters. The van der Waals surface area contributed by atoms with Gasteiger partial charge in [0.25, 0.3) is 5.91 Å². The quantitative estimate of drug-likeness (QED) is 0.519. The smallest absolute Gasteiger partial charge is 0.267 e. The molecule has 0 saturated heterocycles. The molecule has 0 saturated carbocycles. The van der Waals surface area contributed by atoms with Crippen LogP contribution in [0.3, 0.4) is 0 Å². The average Bonchev–Trinajstić information content (AvgIpc) is 3.26. The highest BCUT2D eigenvalue weighted by Gasteiger charge is 2.47. The predicted octanol–water partition coefficient (Wildman–Crippen LogP) is 5.28. The van der Waals surface area contributed by atoms with Crippen molar-refractivity contribution in [2.24, 2.45) is 5.16 Å². The Morgan fingerprint density at radius 2 is 1.57 bits per heavy atom. The summed E-state index contributed by atoms with van der Waals surface area (Å²) in [5, 5.41) is 9.12. The Morgan fingerprint density at radius 1 is 0.933 bits per heavy atom. The van der Waals surface area contributed by atoms with Crippen molar-refractivity contribution >= 4 is 39.0 Å². The molecular weight excluding hydrogens is 444 g/mol. The molecular formula is C23H19BrN4O2. The zero-order valence-corrected chi connectivity index (χ0v) is 18.3. The number of benzene rings is 3. The molecule has 3 aromatic rings. The summed E-state index contributed by atoms with van der Waals surface area (Å²) in [6.45, 7) is 6.20. The minimum atomic E-state index is -0.216. The maximum absolute atomic E-state index is 13.5. The monoisotopic (exact) mass is 462 g/mol. The summed E-state index contributed by atoms with van der Waals surface area (Å²) in [6, 6.07) is 19.3. The molecule has 3 aromatic carbocycles. The molecule has 30 heavy (non-hydrogen) atoms. The molecule has 2 aliphatic heterocycles. The van der Waals surface area contributed by atoms with E-state index < -0.39 is 0 Å². The van der Waals surface area contributed by atoms with Crippen LogP contribution >= 0.6 is 15.9 Å². The van der Waals surface area contributed by atoms with Gasteiger partial charge in [0.2, 0.25) is 5.84 Å². The summed E-state index contributed by atoms with van der Waals surface area (Å²) in [4.78, 5) is 19.2. The van der Waals surface area contributed by atoms with Crippen LogP contribution in [0.15, 0.2) is 70.3 Å². The maximum Gasteiger partial charge on any atom is 0.278 e. The first-order valence-corrected chi connectivity index (χ1v) is 10.4. The zero-order valence-electron chi connectivity index (χ0n) is 16.8. The van der Waals surface area contributed by atoms with E-state index in [0.717, 1.165) is 32.5 Å². The summed E-state index contributed by atoms with van der Waals surface area (Å²) in [6.07, 6.45) is 0. The van der Waals surface area contributed by atoms with Crippen LogP contribution in [0.2, 0.25) is 0 Å². The van der Waals surface area contributed by atoms with E-state index in [9.17, 15) is 4.79 Å². The third-order valence-electron chi connectivity index (χ3n) is 5.28. The average molecular weight is 463 g/mol. The van der Waals surface area contributed by atoms with Gasteiger partial charge in [0.1, 0.15) is 0 Å². The number of oxime groups is 1. The first-order valence-electron chi connectivity index (χ1n) is 9.59. The van der Waals surface area contributed by atoms with E-state index in [0.29, 0.717) is 11.4 Å². The van der Waals surface area contributed by atoms with Crippen molar-refractivity contribution in [3.63, 3.8) is 0 Å². The number of hydrogen-bond donors (Lipinski definition) is 0. The molecule has 0 bridgehead atoms. The van der Waals surface area contributed by atoms with E-state index in [1.807, 2.05) is 47.5 Å². The number of carbonyl (C=O) groups is 1. The molecule has 5 rings (SSSR count). The first-order chi connectivity index (χ1) is 14.5. The molecule has 1 amide bonds. The van der Waals surface area contributed by atoms with Gasteiger partial charge >= 0.3 is 0 Å². The molecule has 0 fully saturated rings. The molecule has 7 heteroatoms. The van der Waals surface area contributed by atoms with Crippen LogP contribution in [-0.2, 0) is 4.94 Å². The minimum absolute atomic E-state index is 0.216. The third-order valence-corrected chi connectivity index (χ3v) is 5.97. The molecule has 0 N–H and O–H groups in total. The summed E-state index contributed by atoms with van der Waals surface area (Å²) < 4.78 is 0.719. The van der Waals surface area contributed by atoms with Crippen LogP contribution in [0.25, 0.3) is 0 Å². The lowest BCUT2D eigenvalue weighted by Gasteiger charge is -2.25. The lowest BCUT2D eigenvalue weighted by molar-refractivity contribution is -0.135. The Bertz CT molecular complexity index is 1200. The number of carbonyl (C=O) groups excluding carboxylic acids is 1. The summed E-state index contributed by atoms with van der Waals surface area (Å²) in [5.41, 5.74) is 6.48. The van der Waals surface area contributed by atoms with Gasteiger partial charge in [-0.2, -0.15) is 10.0 Å². The Morgan fingerprint density at radius 3 is 2.27 bits per heavy atom. The fraction of sp³-hybridized carbons (Fsp3) is 0.130. The molecule has 0 aliphatic carbocycles. The third kappa shape index (κ3) is 2.74. The minimum Gasteiger partial charge on any atom is -0.267 e. The number of hydrazine groups is 2. The highest BCUT2D eigenvalue weighted by molar-refractivity contribution is 9.10. The van der Waals surface area contributed by atoms with Crippen molar-refractivity contribution in [1.29, 1.82) is 0 Å². The van der Waals surface area contributed by atoms with Crippen LogP contribution in [0.5, 0.6) is 0 Å². The number of fused-ring (bicyclic) bond motifs is 3. The van der Waals surface area contributed by atoms with Crippen molar-refractivity contribution in [2.75, 3.05) is 10.0 Å². The molecule has 2 heterocycles. The van der Waals surface area contributed by atoms with Crippen molar-refractivity contribution in [3.05, 3.63) is 93.0 Å². The Hall–Kier alpha value is -3.16. The lowest BCUT2D eigenvalue weighted by Crippen LogP contribution is -2.49. The summed E-state index contributed by atoms with van der Waals surface area (Å²) in [5.74, 6) is 0.436. The molecule has 150 valence electrons. The largest absolute Gasteiger partial charge is 0.278 e. The van der Waals surface area contributed by atoms with E-state index in [-0.39, 0.29) is 5.91 Å². The number of amides is 1. The van der Waals surface area contributed by atoms with Gasteiger partial charge in [-0.25, -0.2) is 0 Å². The highest BCUT2D eigenvalue weighted by Crippen LogP contribution is 2.43. The van der Waals surface area contributed by atoms with E-state index in [1.165, 1.54) is 15.9 Å².